The molecule has 0 aliphatic carbocycles. The maximum absolute atomic E-state index is 5.60. The highest BCUT2D eigenvalue weighted by atomic mass is 15.3. The Hall–Kier alpha value is -2.46. The first-order valence-electron chi connectivity index (χ1n) is 7.33. The van der Waals surface area contributed by atoms with E-state index in [1.54, 1.807) is 0 Å². The molecule has 112 valence electrons. The molecule has 0 radical (unpaired) electrons. The molecule has 1 heterocycles. The van der Waals surface area contributed by atoms with Crippen LogP contribution in [0.5, 0.6) is 0 Å². The summed E-state index contributed by atoms with van der Waals surface area (Å²) in [5.41, 5.74) is 5.94. The molecule has 4 heteroatoms. The van der Waals surface area contributed by atoms with Gasteiger partial charge < -0.3 is 5.43 Å². The lowest BCUT2D eigenvalue weighted by Crippen LogP contribution is -2.11. The van der Waals surface area contributed by atoms with Gasteiger partial charge in [0.25, 0.3) is 0 Å². The normalized spacial score (nSPS) is 11.6. The van der Waals surface area contributed by atoms with E-state index >= 15 is 0 Å². The number of nitrogens with one attached hydrogen (secondary N) is 1. The van der Waals surface area contributed by atoms with Crippen molar-refractivity contribution in [3.05, 3.63) is 54.1 Å². The summed E-state index contributed by atoms with van der Waals surface area (Å²) < 4.78 is 0. The van der Waals surface area contributed by atoms with Crippen molar-refractivity contribution in [1.82, 2.24) is 9.97 Å². The first-order chi connectivity index (χ1) is 10.5. The monoisotopic (exact) mass is 292 g/mol. The molecule has 3 N–H and O–H groups in total. The van der Waals surface area contributed by atoms with Gasteiger partial charge in [-0.25, -0.2) is 15.8 Å². The Labute approximate surface area is 130 Å². The summed E-state index contributed by atoms with van der Waals surface area (Å²) in [7, 11) is 0. The first kappa shape index (κ1) is 14.5. The molecule has 0 bridgehead atoms. The van der Waals surface area contributed by atoms with Crippen LogP contribution in [0.2, 0.25) is 0 Å². The highest BCUT2D eigenvalue weighted by Gasteiger charge is 2.14. The molecule has 0 atom stereocenters. The van der Waals surface area contributed by atoms with Crippen molar-refractivity contribution < 1.29 is 0 Å². The zero-order valence-electron chi connectivity index (χ0n) is 13.1. The van der Waals surface area contributed by atoms with Crippen molar-refractivity contribution in [2.24, 2.45) is 5.84 Å². The lowest BCUT2D eigenvalue weighted by Gasteiger charge is -2.19. The van der Waals surface area contributed by atoms with Crippen molar-refractivity contribution in [3.63, 3.8) is 0 Å². The van der Waals surface area contributed by atoms with Crippen LogP contribution in [0.4, 0.5) is 5.82 Å². The van der Waals surface area contributed by atoms with Gasteiger partial charge in [-0.15, -0.1) is 0 Å². The predicted octanol–water partition coefficient (Wildman–Crippen LogP) is 3.88. The summed E-state index contributed by atoms with van der Waals surface area (Å²) in [4.78, 5) is 9.17. The van der Waals surface area contributed by atoms with Gasteiger partial charge in [-0.1, -0.05) is 57.2 Å². The van der Waals surface area contributed by atoms with Crippen molar-refractivity contribution in [2.75, 3.05) is 5.43 Å². The number of rotatable bonds is 2. The van der Waals surface area contributed by atoms with Gasteiger partial charge in [0.2, 0.25) is 0 Å². The van der Waals surface area contributed by atoms with E-state index in [2.05, 4.69) is 60.4 Å². The second kappa shape index (κ2) is 5.39. The third kappa shape index (κ3) is 2.65. The SMILES string of the molecule is CC(C)(C)c1ccc(-c2nc(NN)c3ccccc3n2)cc1. The van der Waals surface area contributed by atoms with E-state index < -0.39 is 0 Å². The van der Waals surface area contributed by atoms with Crippen molar-refractivity contribution in [1.29, 1.82) is 0 Å². The minimum absolute atomic E-state index is 0.132. The Morgan fingerprint density at radius 3 is 2.23 bits per heavy atom. The molecule has 22 heavy (non-hydrogen) atoms. The summed E-state index contributed by atoms with van der Waals surface area (Å²) in [6.07, 6.45) is 0. The lowest BCUT2D eigenvalue weighted by atomic mass is 9.87. The predicted molar refractivity (Wildman–Crippen MR) is 91.5 cm³/mol. The van der Waals surface area contributed by atoms with Gasteiger partial charge in [0.05, 0.1) is 5.52 Å². The molecular weight excluding hydrogens is 272 g/mol. The van der Waals surface area contributed by atoms with Gasteiger partial charge in [-0.3, -0.25) is 0 Å². The van der Waals surface area contributed by atoms with Gasteiger partial charge in [0.15, 0.2) is 11.6 Å². The summed E-state index contributed by atoms with van der Waals surface area (Å²) in [6.45, 7) is 6.60. The molecule has 0 spiro atoms. The highest BCUT2D eigenvalue weighted by Crippen LogP contribution is 2.27. The van der Waals surface area contributed by atoms with Crippen molar-refractivity contribution >= 4 is 16.7 Å². The third-order valence-electron chi connectivity index (χ3n) is 3.75. The molecule has 1 aromatic heterocycles. The van der Waals surface area contributed by atoms with E-state index in [0.29, 0.717) is 11.6 Å². The zero-order chi connectivity index (χ0) is 15.7. The Morgan fingerprint density at radius 1 is 0.909 bits per heavy atom. The van der Waals surface area contributed by atoms with Crippen LogP contribution in [0.25, 0.3) is 22.3 Å². The molecule has 0 aliphatic rings. The standard InChI is InChI=1S/C18H20N4/c1-18(2,3)13-10-8-12(9-11-13)16-20-15-7-5-4-6-14(15)17(21-16)22-19/h4-11H,19H2,1-3H3,(H,20,21,22). The van der Waals surface area contributed by atoms with Crippen LogP contribution >= 0.6 is 0 Å². The Kier molecular flexibility index (Phi) is 3.54. The number of nitrogens with zero attached hydrogens (tertiary/aromatic N) is 2. The van der Waals surface area contributed by atoms with Crippen LogP contribution in [-0.2, 0) is 5.41 Å². The smallest absolute Gasteiger partial charge is 0.162 e. The first-order valence-corrected chi connectivity index (χ1v) is 7.33. The minimum Gasteiger partial charge on any atom is -0.308 e. The fraction of sp³-hybridized carbons (Fsp3) is 0.222. The Bertz CT molecular complexity index is 801. The van der Waals surface area contributed by atoms with Gasteiger partial charge in [-0.05, 0) is 23.1 Å². The number of benzene rings is 2. The number of fused-ring (bicyclic) bond motifs is 1. The molecule has 0 unspecified atom stereocenters. The van der Waals surface area contributed by atoms with Gasteiger partial charge in [-0.2, -0.15) is 0 Å². The van der Waals surface area contributed by atoms with Crippen molar-refractivity contribution in [3.8, 4) is 11.4 Å². The fourth-order valence-electron chi connectivity index (χ4n) is 2.44. The maximum atomic E-state index is 5.60. The van der Waals surface area contributed by atoms with E-state index in [1.165, 1.54) is 5.56 Å². The number of aromatic nitrogens is 2. The maximum Gasteiger partial charge on any atom is 0.162 e. The molecule has 0 amide bonds. The summed E-state index contributed by atoms with van der Waals surface area (Å²) >= 11 is 0. The van der Waals surface area contributed by atoms with E-state index in [-0.39, 0.29) is 5.41 Å². The van der Waals surface area contributed by atoms with Gasteiger partial charge in [0.1, 0.15) is 0 Å². The summed E-state index contributed by atoms with van der Waals surface area (Å²) in [6, 6.07) is 16.2. The van der Waals surface area contributed by atoms with E-state index in [4.69, 9.17) is 5.84 Å². The minimum atomic E-state index is 0.132. The van der Waals surface area contributed by atoms with Crippen LogP contribution in [0.15, 0.2) is 48.5 Å². The number of nitrogens with two attached hydrogens (primary N) is 1. The van der Waals surface area contributed by atoms with E-state index in [0.717, 1.165) is 16.5 Å². The Morgan fingerprint density at radius 2 is 1.59 bits per heavy atom. The lowest BCUT2D eigenvalue weighted by molar-refractivity contribution is 0.590. The van der Waals surface area contributed by atoms with Crippen LogP contribution < -0.4 is 11.3 Å². The molecule has 2 aromatic carbocycles. The molecule has 0 aliphatic heterocycles. The van der Waals surface area contributed by atoms with Crippen LogP contribution in [0.3, 0.4) is 0 Å². The topological polar surface area (TPSA) is 63.8 Å². The second-order valence-corrected chi connectivity index (χ2v) is 6.38. The fourth-order valence-corrected chi connectivity index (χ4v) is 2.44. The number of hydrogen-bond donors (Lipinski definition) is 2. The molecule has 0 saturated carbocycles. The molecule has 4 nitrogen and oxygen atoms in total. The summed E-state index contributed by atoms with van der Waals surface area (Å²) in [5.74, 6) is 6.92. The third-order valence-corrected chi connectivity index (χ3v) is 3.75. The molecule has 0 fully saturated rings. The van der Waals surface area contributed by atoms with Crippen LogP contribution in [-0.4, -0.2) is 9.97 Å². The molecular formula is C18H20N4. The molecule has 3 aromatic rings. The number of hydrazine groups is 1. The quantitative estimate of drug-likeness (QED) is 0.556. The van der Waals surface area contributed by atoms with Gasteiger partial charge >= 0.3 is 0 Å². The average Bonchev–Trinajstić information content (AvgIpc) is 2.53. The Balaban J connectivity index is 2.10. The largest absolute Gasteiger partial charge is 0.308 e. The summed E-state index contributed by atoms with van der Waals surface area (Å²) in [5, 5.41) is 0.917. The van der Waals surface area contributed by atoms with Crippen molar-refractivity contribution in [2.45, 2.75) is 26.2 Å². The zero-order valence-corrected chi connectivity index (χ0v) is 13.1. The number of hydrogen-bond acceptors (Lipinski definition) is 4. The van der Waals surface area contributed by atoms with E-state index in [1.807, 2.05) is 24.3 Å². The van der Waals surface area contributed by atoms with Gasteiger partial charge in [0, 0.05) is 10.9 Å². The molecule has 0 saturated heterocycles. The number of nitrogen functional groups attached to an aromatic ring is 1. The average molecular weight is 292 g/mol. The van der Waals surface area contributed by atoms with E-state index in [9.17, 15) is 0 Å². The van der Waals surface area contributed by atoms with Crippen LogP contribution in [0, 0.1) is 0 Å². The highest BCUT2D eigenvalue weighted by molar-refractivity contribution is 5.90. The molecule has 3 rings (SSSR count). The number of para-hydroxylation sites is 1. The van der Waals surface area contributed by atoms with Crippen LogP contribution in [0.1, 0.15) is 26.3 Å². The number of anilines is 1. The second-order valence-electron chi connectivity index (χ2n) is 6.38.